The van der Waals surface area contributed by atoms with E-state index in [1.807, 2.05) is 54.6 Å². The van der Waals surface area contributed by atoms with Gasteiger partial charge in [-0.1, -0.05) is 54.1 Å². The third kappa shape index (κ3) is 6.76. The molecular formula is C23H20ClN3O3. The maximum atomic E-state index is 11.8. The van der Waals surface area contributed by atoms with Crippen LogP contribution in [0.15, 0.2) is 84.0 Å². The van der Waals surface area contributed by atoms with E-state index in [2.05, 4.69) is 15.8 Å². The Labute approximate surface area is 179 Å². The van der Waals surface area contributed by atoms with Gasteiger partial charge in [-0.15, -0.1) is 0 Å². The highest BCUT2D eigenvalue weighted by molar-refractivity contribution is 6.35. The topological polar surface area (TPSA) is 79.8 Å². The quantitative estimate of drug-likeness (QED) is 0.347. The van der Waals surface area contributed by atoms with Gasteiger partial charge in [-0.2, -0.15) is 5.10 Å². The Morgan fingerprint density at radius 2 is 1.63 bits per heavy atom. The Kier molecular flexibility index (Phi) is 7.58. The normalized spacial score (nSPS) is 10.6. The first-order valence-electron chi connectivity index (χ1n) is 9.22. The molecule has 3 aromatic rings. The van der Waals surface area contributed by atoms with Crippen molar-refractivity contribution in [2.24, 2.45) is 5.10 Å². The van der Waals surface area contributed by atoms with Crippen molar-refractivity contribution in [1.82, 2.24) is 10.7 Å². The summed E-state index contributed by atoms with van der Waals surface area (Å²) in [6.45, 7) is 0.676. The van der Waals surface area contributed by atoms with Gasteiger partial charge >= 0.3 is 11.8 Å². The van der Waals surface area contributed by atoms with Crippen molar-refractivity contribution in [2.75, 3.05) is 0 Å². The van der Waals surface area contributed by atoms with Crippen molar-refractivity contribution in [3.63, 3.8) is 0 Å². The van der Waals surface area contributed by atoms with E-state index in [9.17, 15) is 9.59 Å². The van der Waals surface area contributed by atoms with E-state index < -0.39 is 11.8 Å². The molecule has 0 bridgehead atoms. The number of halogens is 1. The highest BCUT2D eigenvalue weighted by Crippen LogP contribution is 2.15. The molecule has 0 atom stereocenters. The van der Waals surface area contributed by atoms with Crippen molar-refractivity contribution < 1.29 is 14.3 Å². The molecule has 2 amide bonds. The van der Waals surface area contributed by atoms with Crippen molar-refractivity contribution in [1.29, 1.82) is 0 Å². The average molecular weight is 422 g/mol. The molecular weight excluding hydrogens is 402 g/mol. The van der Waals surface area contributed by atoms with Gasteiger partial charge in [-0.3, -0.25) is 9.59 Å². The number of carbonyl (C=O) groups excluding carboxylic acids is 2. The average Bonchev–Trinajstić information content (AvgIpc) is 2.77. The molecule has 6 nitrogen and oxygen atoms in total. The van der Waals surface area contributed by atoms with Crippen LogP contribution in [0.25, 0.3) is 0 Å². The first-order valence-corrected chi connectivity index (χ1v) is 9.60. The highest BCUT2D eigenvalue weighted by Gasteiger charge is 2.11. The standard InChI is InChI=1S/C23H20ClN3O3/c24-20-8-4-7-19(13-20)16-30-21-11-9-18(10-12-21)15-26-27-23(29)22(28)25-14-17-5-2-1-3-6-17/h1-13,15H,14,16H2,(H,25,28)(H,27,29). The molecule has 0 unspecified atom stereocenters. The molecule has 0 heterocycles. The summed E-state index contributed by atoms with van der Waals surface area (Å²) in [7, 11) is 0. The van der Waals surface area contributed by atoms with Crippen LogP contribution in [0.2, 0.25) is 5.02 Å². The van der Waals surface area contributed by atoms with E-state index in [-0.39, 0.29) is 6.54 Å². The molecule has 0 spiro atoms. The van der Waals surface area contributed by atoms with Crippen LogP contribution in [0.1, 0.15) is 16.7 Å². The minimum atomic E-state index is -0.830. The number of amides is 2. The van der Waals surface area contributed by atoms with Gasteiger partial charge in [0.05, 0.1) is 6.21 Å². The molecule has 7 heteroatoms. The molecule has 0 radical (unpaired) electrons. The van der Waals surface area contributed by atoms with Gasteiger partial charge in [-0.05, 0) is 53.1 Å². The van der Waals surface area contributed by atoms with Crippen LogP contribution in [0.5, 0.6) is 5.75 Å². The predicted molar refractivity (Wildman–Crippen MR) is 116 cm³/mol. The van der Waals surface area contributed by atoms with Gasteiger partial charge in [0.25, 0.3) is 0 Å². The second kappa shape index (κ2) is 10.8. The zero-order chi connectivity index (χ0) is 21.2. The number of rotatable bonds is 7. The van der Waals surface area contributed by atoms with Crippen LogP contribution < -0.4 is 15.5 Å². The first kappa shape index (κ1) is 21.1. The molecule has 30 heavy (non-hydrogen) atoms. The predicted octanol–water partition coefficient (Wildman–Crippen LogP) is 3.69. The van der Waals surface area contributed by atoms with E-state index >= 15 is 0 Å². The third-order valence-corrected chi connectivity index (χ3v) is 4.29. The molecule has 0 aliphatic rings. The van der Waals surface area contributed by atoms with Crippen LogP contribution in [-0.4, -0.2) is 18.0 Å². The molecule has 0 saturated heterocycles. The van der Waals surface area contributed by atoms with E-state index in [1.165, 1.54) is 6.21 Å². The lowest BCUT2D eigenvalue weighted by molar-refractivity contribution is -0.139. The van der Waals surface area contributed by atoms with E-state index in [0.29, 0.717) is 17.4 Å². The SMILES string of the molecule is O=C(NCc1ccccc1)C(=O)NN=Cc1ccc(OCc2cccc(Cl)c2)cc1. The van der Waals surface area contributed by atoms with Crippen molar-refractivity contribution in [3.8, 4) is 5.75 Å². The van der Waals surface area contributed by atoms with Gasteiger partial charge in [0.1, 0.15) is 12.4 Å². The Hall–Kier alpha value is -3.64. The van der Waals surface area contributed by atoms with E-state index in [1.54, 1.807) is 24.3 Å². The number of hydrogen-bond acceptors (Lipinski definition) is 4. The molecule has 0 aliphatic carbocycles. The van der Waals surface area contributed by atoms with Gasteiger partial charge in [-0.25, -0.2) is 5.43 Å². The van der Waals surface area contributed by atoms with Gasteiger partial charge in [0.15, 0.2) is 0 Å². The fourth-order valence-electron chi connectivity index (χ4n) is 2.52. The second-order valence-corrected chi connectivity index (χ2v) is 6.79. The van der Waals surface area contributed by atoms with E-state index in [4.69, 9.17) is 16.3 Å². The molecule has 2 N–H and O–H groups in total. The van der Waals surface area contributed by atoms with Crippen LogP contribution >= 0.6 is 11.6 Å². The summed E-state index contributed by atoms with van der Waals surface area (Å²) < 4.78 is 5.71. The number of ether oxygens (including phenoxy) is 1. The number of hydrogen-bond donors (Lipinski definition) is 2. The third-order valence-electron chi connectivity index (χ3n) is 4.06. The second-order valence-electron chi connectivity index (χ2n) is 6.36. The van der Waals surface area contributed by atoms with Crippen molar-refractivity contribution >= 4 is 29.6 Å². The lowest BCUT2D eigenvalue weighted by Gasteiger charge is -2.07. The maximum Gasteiger partial charge on any atom is 0.329 e. The van der Waals surface area contributed by atoms with Crippen molar-refractivity contribution in [3.05, 3.63) is 101 Å². The summed E-state index contributed by atoms with van der Waals surface area (Å²) in [5.41, 5.74) is 4.83. The summed E-state index contributed by atoms with van der Waals surface area (Å²) in [5.74, 6) is -0.888. The van der Waals surface area contributed by atoms with Crippen molar-refractivity contribution in [2.45, 2.75) is 13.2 Å². The minimum Gasteiger partial charge on any atom is -0.489 e. The Bertz CT molecular complexity index is 1020. The summed E-state index contributed by atoms with van der Waals surface area (Å²) in [5, 5.41) is 7.01. The highest BCUT2D eigenvalue weighted by atomic mass is 35.5. The minimum absolute atomic E-state index is 0.271. The Balaban J connectivity index is 1.43. The zero-order valence-electron chi connectivity index (χ0n) is 16.0. The lowest BCUT2D eigenvalue weighted by atomic mass is 10.2. The molecule has 0 fully saturated rings. The summed E-state index contributed by atoms with van der Waals surface area (Å²) in [6.07, 6.45) is 1.45. The largest absolute Gasteiger partial charge is 0.489 e. The summed E-state index contributed by atoms with van der Waals surface area (Å²) in [6, 6.07) is 24.0. The summed E-state index contributed by atoms with van der Waals surface area (Å²) >= 11 is 5.96. The van der Waals surface area contributed by atoms with E-state index in [0.717, 1.165) is 16.7 Å². The molecule has 0 aliphatic heterocycles. The lowest BCUT2D eigenvalue weighted by Crippen LogP contribution is -2.37. The summed E-state index contributed by atoms with van der Waals surface area (Å²) in [4.78, 5) is 23.6. The first-order chi connectivity index (χ1) is 14.6. The van der Waals surface area contributed by atoms with Crippen LogP contribution in [0.3, 0.4) is 0 Å². The fourth-order valence-corrected chi connectivity index (χ4v) is 2.73. The molecule has 3 aromatic carbocycles. The maximum absolute atomic E-state index is 11.8. The fraction of sp³-hybridized carbons (Fsp3) is 0.0870. The zero-order valence-corrected chi connectivity index (χ0v) is 16.8. The number of nitrogens with zero attached hydrogens (tertiary/aromatic N) is 1. The molecule has 3 rings (SSSR count). The smallest absolute Gasteiger partial charge is 0.329 e. The van der Waals surface area contributed by atoms with Crippen LogP contribution in [0, 0.1) is 0 Å². The van der Waals surface area contributed by atoms with Gasteiger partial charge < -0.3 is 10.1 Å². The molecule has 152 valence electrons. The Morgan fingerprint density at radius 1 is 0.900 bits per heavy atom. The Morgan fingerprint density at radius 3 is 2.37 bits per heavy atom. The number of carbonyl (C=O) groups is 2. The van der Waals surface area contributed by atoms with Crippen LogP contribution in [0.4, 0.5) is 0 Å². The van der Waals surface area contributed by atoms with Gasteiger partial charge in [0.2, 0.25) is 0 Å². The monoisotopic (exact) mass is 421 g/mol. The number of benzene rings is 3. The number of hydrazone groups is 1. The molecule has 0 saturated carbocycles. The van der Waals surface area contributed by atoms with Crippen LogP contribution in [-0.2, 0) is 22.7 Å². The number of nitrogens with one attached hydrogen (secondary N) is 2. The van der Waals surface area contributed by atoms with Gasteiger partial charge in [0, 0.05) is 11.6 Å². The molecule has 0 aromatic heterocycles.